The van der Waals surface area contributed by atoms with Gasteiger partial charge in [0, 0.05) is 24.6 Å². The van der Waals surface area contributed by atoms with Crippen molar-refractivity contribution in [2.24, 2.45) is 5.92 Å². The van der Waals surface area contributed by atoms with Crippen molar-refractivity contribution in [2.75, 3.05) is 11.4 Å². The third kappa shape index (κ3) is 2.99. The summed E-state index contributed by atoms with van der Waals surface area (Å²) < 4.78 is 1.86. The molecule has 1 aromatic carbocycles. The first-order chi connectivity index (χ1) is 10.3. The molecule has 3 rings (SSSR count). The number of benzene rings is 1. The zero-order valence-electron chi connectivity index (χ0n) is 12.4. The van der Waals surface area contributed by atoms with Crippen LogP contribution in [0.4, 0.5) is 5.69 Å². The van der Waals surface area contributed by atoms with Gasteiger partial charge in [-0.25, -0.2) is 4.98 Å². The Morgan fingerprint density at radius 3 is 2.71 bits per heavy atom. The molecule has 0 aliphatic heterocycles. The van der Waals surface area contributed by atoms with Crippen LogP contribution in [0.5, 0.6) is 0 Å². The molecule has 1 aromatic heterocycles. The number of rotatable bonds is 5. The standard InChI is InChI=1S/C17H21N3O/c1-14(19-11-10-18-13-19)17(21)20(12-15-6-5-7-15)16-8-3-2-4-9-16/h2-4,8-11,13-15H,5-7,12H2,1H3. The van der Waals surface area contributed by atoms with E-state index in [-0.39, 0.29) is 11.9 Å². The van der Waals surface area contributed by atoms with E-state index in [9.17, 15) is 4.79 Å². The molecule has 0 spiro atoms. The topological polar surface area (TPSA) is 38.1 Å². The Bertz CT molecular complexity index is 575. The number of hydrogen-bond donors (Lipinski definition) is 0. The smallest absolute Gasteiger partial charge is 0.249 e. The molecule has 110 valence electrons. The Morgan fingerprint density at radius 1 is 1.38 bits per heavy atom. The normalized spacial score (nSPS) is 16.2. The zero-order chi connectivity index (χ0) is 14.7. The third-order valence-corrected chi connectivity index (χ3v) is 4.33. The lowest BCUT2D eigenvalue weighted by atomic mass is 9.85. The number of aromatic nitrogens is 2. The van der Waals surface area contributed by atoms with Gasteiger partial charge in [-0.3, -0.25) is 4.79 Å². The average molecular weight is 283 g/mol. The summed E-state index contributed by atoms with van der Waals surface area (Å²) in [5, 5.41) is 0. The SMILES string of the molecule is CC(C(=O)N(CC1CCC1)c1ccccc1)n1ccnc1. The molecule has 1 heterocycles. The highest BCUT2D eigenvalue weighted by molar-refractivity contribution is 5.95. The molecule has 1 aliphatic rings. The maximum Gasteiger partial charge on any atom is 0.249 e. The molecular weight excluding hydrogens is 262 g/mol. The fraction of sp³-hybridized carbons (Fsp3) is 0.412. The molecule has 4 nitrogen and oxygen atoms in total. The molecule has 0 N–H and O–H groups in total. The number of nitrogens with zero attached hydrogens (tertiary/aromatic N) is 3. The van der Waals surface area contributed by atoms with Crippen molar-refractivity contribution in [2.45, 2.75) is 32.2 Å². The van der Waals surface area contributed by atoms with Gasteiger partial charge in [0.05, 0.1) is 6.33 Å². The van der Waals surface area contributed by atoms with E-state index in [1.54, 1.807) is 12.5 Å². The number of hydrogen-bond acceptors (Lipinski definition) is 2. The van der Waals surface area contributed by atoms with Gasteiger partial charge in [0.15, 0.2) is 0 Å². The molecule has 0 bridgehead atoms. The molecule has 2 aromatic rings. The second-order valence-corrected chi connectivity index (χ2v) is 5.77. The van der Waals surface area contributed by atoms with Crippen LogP contribution in [0.1, 0.15) is 32.2 Å². The van der Waals surface area contributed by atoms with Gasteiger partial charge in [-0.2, -0.15) is 0 Å². The van der Waals surface area contributed by atoms with Crippen molar-refractivity contribution in [3.8, 4) is 0 Å². The van der Waals surface area contributed by atoms with Crippen molar-refractivity contribution in [1.29, 1.82) is 0 Å². The fourth-order valence-electron chi connectivity index (χ4n) is 2.72. The minimum Gasteiger partial charge on any atom is -0.325 e. The lowest BCUT2D eigenvalue weighted by Gasteiger charge is -2.34. The van der Waals surface area contributed by atoms with E-state index in [2.05, 4.69) is 4.98 Å². The summed E-state index contributed by atoms with van der Waals surface area (Å²) in [6.07, 6.45) is 9.01. The largest absolute Gasteiger partial charge is 0.325 e. The van der Waals surface area contributed by atoms with Crippen LogP contribution in [0.15, 0.2) is 49.1 Å². The van der Waals surface area contributed by atoms with Crippen LogP contribution in [0.25, 0.3) is 0 Å². The monoisotopic (exact) mass is 283 g/mol. The maximum absolute atomic E-state index is 12.9. The Labute approximate surface area is 125 Å². The first-order valence-electron chi connectivity index (χ1n) is 7.59. The van der Waals surface area contributed by atoms with Crippen molar-refractivity contribution >= 4 is 11.6 Å². The molecule has 1 atom stereocenters. The molecule has 1 saturated carbocycles. The number of anilines is 1. The van der Waals surface area contributed by atoms with E-state index in [0.717, 1.165) is 12.2 Å². The summed E-state index contributed by atoms with van der Waals surface area (Å²) in [7, 11) is 0. The van der Waals surface area contributed by atoms with Gasteiger partial charge >= 0.3 is 0 Å². The van der Waals surface area contributed by atoms with Crippen molar-refractivity contribution < 1.29 is 4.79 Å². The van der Waals surface area contributed by atoms with E-state index in [1.165, 1.54) is 19.3 Å². The Kier molecular flexibility index (Phi) is 4.04. The molecule has 1 aliphatic carbocycles. The highest BCUT2D eigenvalue weighted by atomic mass is 16.2. The molecule has 0 radical (unpaired) electrons. The predicted octanol–water partition coefficient (Wildman–Crippen LogP) is 3.28. The van der Waals surface area contributed by atoms with Gasteiger partial charge in [-0.05, 0) is 37.8 Å². The number of imidazole rings is 1. The summed E-state index contributed by atoms with van der Waals surface area (Å²) in [4.78, 5) is 18.9. The number of carbonyl (C=O) groups is 1. The van der Waals surface area contributed by atoms with E-state index >= 15 is 0 Å². The van der Waals surface area contributed by atoms with Crippen molar-refractivity contribution in [3.63, 3.8) is 0 Å². The summed E-state index contributed by atoms with van der Waals surface area (Å²) in [6.45, 7) is 2.75. The van der Waals surface area contributed by atoms with Gasteiger partial charge in [-0.1, -0.05) is 24.6 Å². The van der Waals surface area contributed by atoms with E-state index in [0.29, 0.717) is 5.92 Å². The van der Waals surface area contributed by atoms with Crippen molar-refractivity contribution in [3.05, 3.63) is 49.1 Å². The van der Waals surface area contributed by atoms with E-state index in [1.807, 2.05) is 52.9 Å². The lowest BCUT2D eigenvalue weighted by Crippen LogP contribution is -2.40. The van der Waals surface area contributed by atoms with Gasteiger partial charge in [-0.15, -0.1) is 0 Å². The highest BCUT2D eigenvalue weighted by Crippen LogP contribution is 2.30. The molecule has 1 amide bonds. The zero-order valence-corrected chi connectivity index (χ0v) is 12.4. The van der Waals surface area contributed by atoms with Crippen LogP contribution in [0.3, 0.4) is 0 Å². The molecule has 0 saturated heterocycles. The maximum atomic E-state index is 12.9. The average Bonchev–Trinajstić information content (AvgIpc) is 3.00. The minimum absolute atomic E-state index is 0.131. The summed E-state index contributed by atoms with van der Waals surface area (Å²) in [5.41, 5.74) is 0.987. The fourth-order valence-corrected chi connectivity index (χ4v) is 2.72. The quantitative estimate of drug-likeness (QED) is 0.844. The Hall–Kier alpha value is -2.10. The second-order valence-electron chi connectivity index (χ2n) is 5.77. The summed E-state index contributed by atoms with van der Waals surface area (Å²) in [5.74, 6) is 0.773. The predicted molar refractivity (Wildman–Crippen MR) is 83.1 cm³/mol. The molecule has 1 unspecified atom stereocenters. The van der Waals surface area contributed by atoms with Gasteiger partial charge in [0.2, 0.25) is 5.91 Å². The second kappa shape index (κ2) is 6.12. The number of carbonyl (C=O) groups excluding carboxylic acids is 1. The minimum atomic E-state index is -0.229. The lowest BCUT2D eigenvalue weighted by molar-refractivity contribution is -0.121. The molecule has 21 heavy (non-hydrogen) atoms. The summed E-state index contributed by atoms with van der Waals surface area (Å²) >= 11 is 0. The van der Waals surface area contributed by atoms with Gasteiger partial charge in [0.1, 0.15) is 6.04 Å². The Morgan fingerprint density at radius 2 is 2.14 bits per heavy atom. The van der Waals surface area contributed by atoms with Crippen LogP contribution < -0.4 is 4.90 Å². The number of amides is 1. The van der Waals surface area contributed by atoms with E-state index in [4.69, 9.17) is 0 Å². The highest BCUT2D eigenvalue weighted by Gasteiger charge is 2.28. The van der Waals surface area contributed by atoms with Crippen LogP contribution in [0.2, 0.25) is 0 Å². The number of para-hydroxylation sites is 1. The van der Waals surface area contributed by atoms with Gasteiger partial charge in [0.25, 0.3) is 0 Å². The Balaban J connectivity index is 1.82. The molecule has 1 fully saturated rings. The van der Waals surface area contributed by atoms with Crippen LogP contribution >= 0.6 is 0 Å². The van der Waals surface area contributed by atoms with Gasteiger partial charge < -0.3 is 9.47 Å². The summed E-state index contributed by atoms with van der Waals surface area (Å²) in [6, 6.07) is 9.74. The first kappa shape index (κ1) is 13.9. The van der Waals surface area contributed by atoms with Crippen LogP contribution in [-0.4, -0.2) is 22.0 Å². The van der Waals surface area contributed by atoms with Crippen molar-refractivity contribution in [1.82, 2.24) is 9.55 Å². The van der Waals surface area contributed by atoms with E-state index < -0.39 is 0 Å². The first-order valence-corrected chi connectivity index (χ1v) is 7.59. The third-order valence-electron chi connectivity index (χ3n) is 4.33. The van der Waals surface area contributed by atoms with Crippen LogP contribution in [-0.2, 0) is 4.79 Å². The van der Waals surface area contributed by atoms with Crippen LogP contribution in [0, 0.1) is 5.92 Å². The molecular formula is C17H21N3O. The molecule has 4 heteroatoms.